The van der Waals surface area contributed by atoms with E-state index in [1.807, 2.05) is 30.3 Å². The van der Waals surface area contributed by atoms with Crippen LogP contribution in [0.3, 0.4) is 0 Å². The number of nitrogens with one attached hydrogen (secondary N) is 1. The van der Waals surface area contributed by atoms with E-state index in [2.05, 4.69) is 10.2 Å². The summed E-state index contributed by atoms with van der Waals surface area (Å²) >= 11 is 6.52. The molecule has 3 saturated heterocycles. The average Bonchev–Trinajstić information content (AvgIpc) is 2.94. The highest BCUT2D eigenvalue weighted by Crippen LogP contribution is 2.29. The standard InChI is InChI=1S/C30H38ClN5O4.H2S/c1-21(37)33-14-16-34(17-15-33)28(38)26-9-8-23(18-27(26)31)32-24-19-36(20-24)25-10-12-35(13-11-25)29(39)30(2,40)22-6-4-3-5-7-22;/h3-9,18,24-25,32,40H,10-17,19-20H2,1-2H3;1H2/t30-;/m0./s1. The Morgan fingerprint density at radius 2 is 1.51 bits per heavy atom. The van der Waals surface area contributed by atoms with Gasteiger partial charge in [0.2, 0.25) is 5.91 Å². The Labute approximate surface area is 253 Å². The molecule has 9 nitrogen and oxygen atoms in total. The van der Waals surface area contributed by atoms with Gasteiger partial charge in [0.15, 0.2) is 5.60 Å². The van der Waals surface area contributed by atoms with Crippen molar-refractivity contribution >= 4 is 48.5 Å². The minimum absolute atomic E-state index is 0. The van der Waals surface area contributed by atoms with Crippen LogP contribution < -0.4 is 5.32 Å². The molecule has 0 bridgehead atoms. The SMILES string of the molecule is CC(=O)N1CCN(C(=O)c2ccc(NC3CN(C4CCN(C(=O)[C@@](C)(O)c5ccccc5)CC4)C3)cc2Cl)CC1.S. The number of halogens is 1. The van der Waals surface area contributed by atoms with Crippen molar-refractivity contribution in [1.82, 2.24) is 19.6 Å². The molecule has 222 valence electrons. The number of hydrogen-bond donors (Lipinski definition) is 2. The maximum absolute atomic E-state index is 13.1. The van der Waals surface area contributed by atoms with Gasteiger partial charge in [0.1, 0.15) is 0 Å². The number of carbonyl (C=O) groups is 3. The monoisotopic (exact) mass is 601 g/mol. The molecule has 3 amide bonds. The molecule has 0 aliphatic carbocycles. The first-order valence-corrected chi connectivity index (χ1v) is 14.4. The van der Waals surface area contributed by atoms with Crippen molar-refractivity contribution in [1.29, 1.82) is 0 Å². The normalized spacial score (nSPS) is 20.0. The second-order valence-corrected chi connectivity index (χ2v) is 11.7. The van der Waals surface area contributed by atoms with Crippen molar-refractivity contribution in [3.8, 4) is 0 Å². The van der Waals surface area contributed by atoms with Gasteiger partial charge in [0.25, 0.3) is 11.8 Å². The zero-order chi connectivity index (χ0) is 28.4. The lowest BCUT2D eigenvalue weighted by atomic mass is 9.92. The topological polar surface area (TPSA) is 96.4 Å². The van der Waals surface area contributed by atoms with E-state index < -0.39 is 5.60 Å². The van der Waals surface area contributed by atoms with Gasteiger partial charge in [0, 0.05) is 71.0 Å². The molecule has 0 saturated carbocycles. The molecule has 0 unspecified atom stereocenters. The summed E-state index contributed by atoms with van der Waals surface area (Å²) in [6, 6.07) is 15.3. The predicted molar refractivity (Wildman–Crippen MR) is 165 cm³/mol. The second kappa shape index (κ2) is 13.0. The fourth-order valence-electron chi connectivity index (χ4n) is 5.94. The molecule has 2 aromatic carbocycles. The minimum atomic E-state index is -1.52. The summed E-state index contributed by atoms with van der Waals surface area (Å²) in [5, 5.41) is 14.9. The average molecular weight is 602 g/mol. The van der Waals surface area contributed by atoms with Gasteiger partial charge in [-0.15, -0.1) is 0 Å². The molecule has 0 aromatic heterocycles. The fraction of sp³-hybridized carbons (Fsp3) is 0.500. The van der Waals surface area contributed by atoms with Crippen molar-refractivity contribution in [2.45, 2.75) is 44.4 Å². The number of carbonyl (C=O) groups excluding carboxylic acids is 3. The third-order valence-corrected chi connectivity index (χ3v) is 8.83. The number of nitrogens with zero attached hydrogens (tertiary/aromatic N) is 4. The van der Waals surface area contributed by atoms with Crippen LogP contribution in [0.4, 0.5) is 5.69 Å². The molecule has 0 radical (unpaired) electrons. The third kappa shape index (κ3) is 6.83. The maximum Gasteiger partial charge on any atom is 0.258 e. The molecule has 3 heterocycles. The lowest BCUT2D eigenvalue weighted by Gasteiger charge is -2.48. The van der Waals surface area contributed by atoms with Gasteiger partial charge in [0.05, 0.1) is 16.6 Å². The van der Waals surface area contributed by atoms with E-state index in [0.717, 1.165) is 31.6 Å². The van der Waals surface area contributed by atoms with Crippen molar-refractivity contribution < 1.29 is 19.5 Å². The van der Waals surface area contributed by atoms with Crippen molar-refractivity contribution in [2.75, 3.05) is 57.7 Å². The minimum Gasteiger partial charge on any atom is -0.380 e. The third-order valence-electron chi connectivity index (χ3n) is 8.51. The first-order valence-electron chi connectivity index (χ1n) is 14.1. The molecule has 1 atom stereocenters. The summed E-state index contributed by atoms with van der Waals surface area (Å²) in [5.74, 6) is -0.314. The Bertz CT molecular complexity index is 1240. The van der Waals surface area contributed by atoms with Crippen molar-refractivity contribution in [2.24, 2.45) is 0 Å². The highest BCUT2D eigenvalue weighted by Gasteiger charge is 2.40. The first-order chi connectivity index (χ1) is 19.1. The van der Waals surface area contributed by atoms with Crippen LogP contribution in [0, 0.1) is 0 Å². The van der Waals surface area contributed by atoms with Gasteiger partial charge >= 0.3 is 0 Å². The lowest BCUT2D eigenvalue weighted by Crippen LogP contribution is -2.61. The molecule has 3 fully saturated rings. The van der Waals surface area contributed by atoms with Crippen LogP contribution in [-0.2, 0) is 15.2 Å². The molecule has 5 rings (SSSR count). The summed E-state index contributed by atoms with van der Waals surface area (Å²) in [4.78, 5) is 45.3. The number of likely N-dealkylation sites (tertiary alicyclic amines) is 2. The Balaban J connectivity index is 0.00000387. The van der Waals surface area contributed by atoms with E-state index in [0.29, 0.717) is 61.5 Å². The maximum atomic E-state index is 13.1. The number of anilines is 1. The Morgan fingerprint density at radius 1 is 0.902 bits per heavy atom. The molecular formula is C30H40ClN5O4S. The molecule has 11 heteroatoms. The largest absolute Gasteiger partial charge is 0.380 e. The Hall–Kier alpha value is -2.79. The molecule has 0 spiro atoms. The first kappa shape index (κ1) is 31.2. The number of piperidine rings is 1. The van der Waals surface area contributed by atoms with E-state index in [1.165, 1.54) is 0 Å². The van der Waals surface area contributed by atoms with Gasteiger partial charge in [-0.25, -0.2) is 0 Å². The number of hydrogen-bond acceptors (Lipinski definition) is 6. The molecule has 41 heavy (non-hydrogen) atoms. The summed E-state index contributed by atoms with van der Waals surface area (Å²) in [6.45, 7) is 8.30. The van der Waals surface area contributed by atoms with Crippen LogP contribution in [0.1, 0.15) is 42.6 Å². The summed E-state index contributed by atoms with van der Waals surface area (Å²) in [6.07, 6.45) is 1.76. The van der Waals surface area contributed by atoms with Gasteiger partial charge in [-0.2, -0.15) is 13.5 Å². The van der Waals surface area contributed by atoms with Gasteiger partial charge in [-0.1, -0.05) is 41.9 Å². The molecule has 2 aromatic rings. The molecular weight excluding hydrogens is 562 g/mol. The van der Waals surface area contributed by atoms with Crippen LogP contribution in [0.25, 0.3) is 0 Å². The number of benzene rings is 2. The molecule has 3 aliphatic heterocycles. The van der Waals surface area contributed by atoms with Crippen LogP contribution in [0.2, 0.25) is 5.02 Å². The van der Waals surface area contributed by atoms with E-state index in [4.69, 9.17) is 11.6 Å². The van der Waals surface area contributed by atoms with E-state index in [1.54, 1.807) is 46.7 Å². The van der Waals surface area contributed by atoms with Crippen LogP contribution >= 0.6 is 25.1 Å². The van der Waals surface area contributed by atoms with Gasteiger partial charge in [-0.05, 0) is 43.5 Å². The lowest BCUT2D eigenvalue weighted by molar-refractivity contribution is -0.152. The smallest absolute Gasteiger partial charge is 0.258 e. The van der Waals surface area contributed by atoms with Gasteiger partial charge in [-0.3, -0.25) is 19.3 Å². The summed E-state index contributed by atoms with van der Waals surface area (Å²) in [5.41, 5.74) is 0.456. The number of piperazine rings is 1. The van der Waals surface area contributed by atoms with Crippen LogP contribution in [-0.4, -0.2) is 107 Å². The summed E-state index contributed by atoms with van der Waals surface area (Å²) < 4.78 is 0. The highest BCUT2D eigenvalue weighted by molar-refractivity contribution is 7.59. The predicted octanol–water partition coefficient (Wildman–Crippen LogP) is 2.75. The van der Waals surface area contributed by atoms with E-state index >= 15 is 0 Å². The van der Waals surface area contributed by atoms with Crippen LogP contribution in [0.15, 0.2) is 48.5 Å². The Morgan fingerprint density at radius 3 is 2.10 bits per heavy atom. The van der Waals surface area contributed by atoms with E-state index in [9.17, 15) is 19.5 Å². The molecule has 2 N–H and O–H groups in total. The fourth-order valence-corrected chi connectivity index (χ4v) is 6.20. The number of rotatable bonds is 6. The van der Waals surface area contributed by atoms with Crippen LogP contribution in [0.5, 0.6) is 0 Å². The highest BCUT2D eigenvalue weighted by atomic mass is 35.5. The zero-order valence-electron chi connectivity index (χ0n) is 23.7. The van der Waals surface area contributed by atoms with Crippen molar-refractivity contribution in [3.05, 3.63) is 64.7 Å². The van der Waals surface area contributed by atoms with Crippen molar-refractivity contribution in [3.63, 3.8) is 0 Å². The quantitative estimate of drug-likeness (QED) is 0.529. The second-order valence-electron chi connectivity index (χ2n) is 11.2. The van der Waals surface area contributed by atoms with E-state index in [-0.39, 0.29) is 37.3 Å². The van der Waals surface area contributed by atoms with Gasteiger partial charge < -0.3 is 25.1 Å². The number of amides is 3. The molecule has 3 aliphatic rings. The summed E-state index contributed by atoms with van der Waals surface area (Å²) in [7, 11) is 0. The number of aliphatic hydroxyl groups is 1. The Kier molecular flexibility index (Phi) is 9.89. The zero-order valence-corrected chi connectivity index (χ0v) is 25.4.